The SMILES string of the molecule is COc1ccc(C(N)C(N)C(=O)O)c(Cl)c1. The molecule has 0 spiro atoms. The van der Waals surface area contributed by atoms with Crippen molar-refractivity contribution < 1.29 is 14.6 Å². The molecule has 6 heteroatoms. The van der Waals surface area contributed by atoms with E-state index in [1.54, 1.807) is 18.2 Å². The second-order valence-electron chi connectivity index (χ2n) is 3.28. The molecule has 0 heterocycles. The number of halogens is 1. The summed E-state index contributed by atoms with van der Waals surface area (Å²) < 4.78 is 4.96. The molecule has 2 atom stereocenters. The van der Waals surface area contributed by atoms with E-state index in [1.165, 1.54) is 7.11 Å². The molecule has 16 heavy (non-hydrogen) atoms. The fourth-order valence-electron chi connectivity index (χ4n) is 1.25. The number of aliphatic carboxylic acids is 1. The van der Waals surface area contributed by atoms with E-state index >= 15 is 0 Å². The van der Waals surface area contributed by atoms with E-state index in [-0.39, 0.29) is 0 Å². The molecule has 1 aromatic carbocycles. The first-order valence-corrected chi connectivity index (χ1v) is 4.92. The number of carboxylic acids is 1. The van der Waals surface area contributed by atoms with Crippen LogP contribution >= 0.6 is 11.6 Å². The standard InChI is InChI=1S/C10H13ClN2O3/c1-16-5-2-3-6(7(11)4-5)8(12)9(13)10(14)15/h2-4,8-9H,12-13H2,1H3,(H,14,15). The van der Waals surface area contributed by atoms with Gasteiger partial charge in [0.2, 0.25) is 0 Å². The first-order chi connectivity index (χ1) is 7.47. The molecule has 0 radical (unpaired) electrons. The van der Waals surface area contributed by atoms with Crippen LogP contribution in [-0.2, 0) is 4.79 Å². The van der Waals surface area contributed by atoms with Crippen molar-refractivity contribution in [3.8, 4) is 5.75 Å². The fraction of sp³-hybridized carbons (Fsp3) is 0.300. The number of carboxylic acid groups (broad SMARTS) is 1. The van der Waals surface area contributed by atoms with Gasteiger partial charge >= 0.3 is 5.97 Å². The summed E-state index contributed by atoms with van der Waals surface area (Å²) >= 11 is 5.94. The Balaban J connectivity index is 3.00. The third kappa shape index (κ3) is 2.63. The Hall–Kier alpha value is -1.30. The predicted octanol–water partition coefficient (Wildman–Crippen LogP) is 0.760. The quantitative estimate of drug-likeness (QED) is 0.726. The van der Waals surface area contributed by atoms with Gasteiger partial charge in [0.15, 0.2) is 0 Å². The molecule has 0 aliphatic carbocycles. The highest BCUT2D eigenvalue weighted by molar-refractivity contribution is 6.31. The van der Waals surface area contributed by atoms with Crippen LogP contribution in [0.5, 0.6) is 5.75 Å². The average molecular weight is 245 g/mol. The van der Waals surface area contributed by atoms with Crippen LogP contribution in [0.15, 0.2) is 18.2 Å². The van der Waals surface area contributed by atoms with Gasteiger partial charge in [-0.2, -0.15) is 0 Å². The number of hydrogen-bond acceptors (Lipinski definition) is 4. The summed E-state index contributed by atoms with van der Waals surface area (Å²) in [4.78, 5) is 10.7. The van der Waals surface area contributed by atoms with Gasteiger partial charge in [-0.05, 0) is 17.7 Å². The van der Waals surface area contributed by atoms with Gasteiger partial charge in [0, 0.05) is 5.02 Å². The lowest BCUT2D eigenvalue weighted by Crippen LogP contribution is -2.40. The maximum absolute atomic E-state index is 10.7. The second-order valence-corrected chi connectivity index (χ2v) is 3.68. The molecule has 1 rings (SSSR count). The lowest BCUT2D eigenvalue weighted by Gasteiger charge is -2.18. The highest BCUT2D eigenvalue weighted by Crippen LogP contribution is 2.27. The number of methoxy groups -OCH3 is 1. The number of nitrogens with two attached hydrogens (primary N) is 2. The van der Waals surface area contributed by atoms with Gasteiger partial charge in [-0.25, -0.2) is 0 Å². The number of carbonyl (C=O) groups is 1. The summed E-state index contributed by atoms with van der Waals surface area (Å²) in [6.07, 6.45) is 0. The number of benzene rings is 1. The van der Waals surface area contributed by atoms with Crippen LogP contribution < -0.4 is 16.2 Å². The molecule has 0 aliphatic heterocycles. The van der Waals surface area contributed by atoms with Crippen molar-refractivity contribution in [2.45, 2.75) is 12.1 Å². The molecule has 0 saturated heterocycles. The largest absolute Gasteiger partial charge is 0.497 e. The van der Waals surface area contributed by atoms with Gasteiger partial charge in [0.1, 0.15) is 11.8 Å². The van der Waals surface area contributed by atoms with Crippen LogP contribution in [0.1, 0.15) is 11.6 Å². The topological polar surface area (TPSA) is 98.6 Å². The normalized spacial score (nSPS) is 14.2. The minimum absolute atomic E-state index is 0.337. The third-order valence-corrected chi connectivity index (χ3v) is 2.57. The Morgan fingerprint density at radius 3 is 2.56 bits per heavy atom. The zero-order valence-electron chi connectivity index (χ0n) is 8.68. The first kappa shape index (κ1) is 12.8. The number of rotatable bonds is 4. The molecule has 0 saturated carbocycles. The fourth-order valence-corrected chi connectivity index (χ4v) is 1.55. The molecule has 0 amide bonds. The van der Waals surface area contributed by atoms with E-state index in [0.29, 0.717) is 16.3 Å². The van der Waals surface area contributed by atoms with E-state index in [2.05, 4.69) is 0 Å². The zero-order chi connectivity index (χ0) is 12.3. The summed E-state index contributed by atoms with van der Waals surface area (Å²) in [6.45, 7) is 0. The van der Waals surface area contributed by atoms with E-state index in [9.17, 15) is 4.79 Å². The van der Waals surface area contributed by atoms with Crippen molar-refractivity contribution in [1.29, 1.82) is 0 Å². The van der Waals surface area contributed by atoms with Crippen molar-refractivity contribution in [3.63, 3.8) is 0 Å². The lowest BCUT2D eigenvalue weighted by molar-refractivity contribution is -0.139. The molecular formula is C10H13ClN2O3. The van der Waals surface area contributed by atoms with Crippen LogP contribution in [-0.4, -0.2) is 24.2 Å². The molecule has 0 fully saturated rings. The average Bonchev–Trinajstić information content (AvgIpc) is 2.26. The van der Waals surface area contributed by atoms with Gasteiger partial charge < -0.3 is 21.3 Å². The van der Waals surface area contributed by atoms with Crippen LogP contribution in [0.2, 0.25) is 5.02 Å². The Bertz CT molecular complexity index is 398. The zero-order valence-corrected chi connectivity index (χ0v) is 9.44. The third-order valence-electron chi connectivity index (χ3n) is 2.24. The Kier molecular flexibility index (Phi) is 4.12. The Labute approximate surface area is 97.9 Å². The summed E-state index contributed by atoms with van der Waals surface area (Å²) in [5, 5.41) is 9.07. The molecule has 2 unspecified atom stereocenters. The molecular weight excluding hydrogens is 232 g/mol. The Morgan fingerprint density at radius 1 is 1.50 bits per heavy atom. The second kappa shape index (κ2) is 5.16. The monoisotopic (exact) mass is 244 g/mol. The molecule has 0 aliphatic rings. The molecule has 0 bridgehead atoms. The highest BCUT2D eigenvalue weighted by Gasteiger charge is 2.23. The highest BCUT2D eigenvalue weighted by atomic mass is 35.5. The smallest absolute Gasteiger partial charge is 0.322 e. The molecule has 5 nitrogen and oxygen atoms in total. The Morgan fingerprint density at radius 2 is 2.12 bits per heavy atom. The molecule has 88 valence electrons. The van der Waals surface area contributed by atoms with Crippen molar-refractivity contribution in [3.05, 3.63) is 28.8 Å². The van der Waals surface area contributed by atoms with Crippen molar-refractivity contribution >= 4 is 17.6 Å². The van der Waals surface area contributed by atoms with Crippen LogP contribution in [0, 0.1) is 0 Å². The summed E-state index contributed by atoms with van der Waals surface area (Å²) in [7, 11) is 1.51. The summed E-state index contributed by atoms with van der Waals surface area (Å²) in [6, 6.07) is 2.78. The van der Waals surface area contributed by atoms with Gasteiger partial charge in [-0.15, -0.1) is 0 Å². The number of ether oxygens (including phenoxy) is 1. The van der Waals surface area contributed by atoms with Crippen molar-refractivity contribution in [1.82, 2.24) is 0 Å². The van der Waals surface area contributed by atoms with Gasteiger partial charge in [-0.1, -0.05) is 17.7 Å². The van der Waals surface area contributed by atoms with Crippen molar-refractivity contribution in [2.75, 3.05) is 7.11 Å². The van der Waals surface area contributed by atoms with Gasteiger partial charge in [0.25, 0.3) is 0 Å². The van der Waals surface area contributed by atoms with E-state index in [4.69, 9.17) is 32.9 Å². The van der Waals surface area contributed by atoms with Crippen LogP contribution in [0.3, 0.4) is 0 Å². The van der Waals surface area contributed by atoms with Gasteiger partial charge in [0.05, 0.1) is 13.2 Å². The minimum Gasteiger partial charge on any atom is -0.497 e. The maximum atomic E-state index is 10.7. The van der Waals surface area contributed by atoms with E-state index in [1.807, 2.05) is 0 Å². The summed E-state index contributed by atoms with van der Waals surface area (Å²) in [5.41, 5.74) is 11.6. The first-order valence-electron chi connectivity index (χ1n) is 4.54. The molecule has 0 aromatic heterocycles. The lowest BCUT2D eigenvalue weighted by atomic mass is 10.0. The van der Waals surface area contributed by atoms with Gasteiger partial charge in [-0.3, -0.25) is 4.79 Å². The summed E-state index contributed by atoms with van der Waals surface area (Å²) in [5.74, 6) is -0.593. The molecule has 5 N–H and O–H groups in total. The molecule has 1 aromatic rings. The predicted molar refractivity (Wildman–Crippen MR) is 60.5 cm³/mol. The van der Waals surface area contributed by atoms with Crippen LogP contribution in [0.25, 0.3) is 0 Å². The maximum Gasteiger partial charge on any atom is 0.322 e. The minimum atomic E-state index is -1.19. The van der Waals surface area contributed by atoms with Crippen molar-refractivity contribution in [2.24, 2.45) is 11.5 Å². The number of hydrogen-bond donors (Lipinski definition) is 3. The van der Waals surface area contributed by atoms with Crippen LogP contribution in [0.4, 0.5) is 0 Å². The van der Waals surface area contributed by atoms with E-state index < -0.39 is 18.1 Å². The van der Waals surface area contributed by atoms with E-state index in [0.717, 1.165) is 0 Å².